The van der Waals surface area contributed by atoms with Crippen molar-refractivity contribution in [1.82, 2.24) is 14.1 Å². The third-order valence-electron chi connectivity index (χ3n) is 14.5. The van der Waals surface area contributed by atoms with Gasteiger partial charge in [0.25, 0.3) is 6.33 Å². The zero-order valence-electron chi connectivity index (χ0n) is 51.9. The maximum Gasteiger partial charge on any atom is 0.268 e. The van der Waals surface area contributed by atoms with E-state index in [0.29, 0.717) is 45.3 Å². The van der Waals surface area contributed by atoms with Gasteiger partial charge >= 0.3 is 0 Å². The number of ether oxygens (including phenoxy) is 1. The second-order valence-corrected chi connectivity index (χ2v) is 22.3. The Labute approximate surface area is 483 Å². The van der Waals surface area contributed by atoms with Crippen LogP contribution in [0.15, 0.2) is 218 Å². The van der Waals surface area contributed by atoms with Crippen LogP contribution in [0, 0.1) is 18.5 Å². The van der Waals surface area contributed by atoms with Gasteiger partial charge in [0.15, 0.2) is 0 Å². The number of rotatable bonds is 11. The van der Waals surface area contributed by atoms with Crippen molar-refractivity contribution in [1.29, 1.82) is 0 Å². The van der Waals surface area contributed by atoms with Crippen LogP contribution in [-0.2, 0) is 43.7 Å². The molecule has 0 saturated carbocycles. The number of nitrogens with zero attached hydrogens (tertiary/aromatic N) is 4. The summed E-state index contributed by atoms with van der Waals surface area (Å²) in [6.45, 7) is 17.1. The molecule has 0 aliphatic rings. The predicted octanol–water partition coefficient (Wildman–Crippen LogP) is 17.7. The molecule has 3 heterocycles. The molecule has 0 aliphatic carbocycles. The molecule has 0 bridgehead atoms. The molecule has 0 spiro atoms. The predicted molar refractivity (Wildman–Crippen MR) is 317 cm³/mol. The summed E-state index contributed by atoms with van der Waals surface area (Å²) in [6, 6.07) is 65.0. The molecule has 0 radical (unpaired) electrons. The van der Waals surface area contributed by atoms with Crippen molar-refractivity contribution in [2.45, 2.75) is 78.0 Å². The molecule has 0 unspecified atom stereocenters. The van der Waals surface area contributed by atoms with Gasteiger partial charge in [0, 0.05) is 47.0 Å². The number of para-hydroxylation sites is 2. The van der Waals surface area contributed by atoms with Crippen LogP contribution >= 0.6 is 0 Å². The standard InChI is InChI=1S/C72H62N4O.Pt/c1-70(2,3)55-41-53(42-56(44-55)71(4,5)6)61-32-21-31-60(51-24-14-10-15-25-51)69(61)75-48-74(65-37-34-52(43-67(65)75)50-22-12-9-13-23-50)57-28-20-29-58(45-57)77-59-35-36-63-62-30-18-19-33-64(62)76(66(63)46-59)68-40-49(38-39-73-68)47-72(7,8)54-26-16-11-17-27-54;/h9-44H,47H2,1-8H3;/q-2;/i10D,14D,15D,24D,25D,47D2;. The Bertz CT molecular complexity index is 4500. The van der Waals surface area contributed by atoms with Crippen LogP contribution in [0.3, 0.4) is 0 Å². The van der Waals surface area contributed by atoms with Crippen molar-refractivity contribution in [3.63, 3.8) is 0 Å². The van der Waals surface area contributed by atoms with E-state index < -0.39 is 29.9 Å². The molecule has 6 heteroatoms. The van der Waals surface area contributed by atoms with Gasteiger partial charge in [-0.2, -0.15) is 18.2 Å². The van der Waals surface area contributed by atoms with Crippen LogP contribution in [0.1, 0.15) is 87.2 Å². The van der Waals surface area contributed by atoms with Gasteiger partial charge in [-0.15, -0.1) is 29.7 Å². The minimum Gasteiger partial charge on any atom is -0.510 e. The Kier molecular flexibility index (Phi) is 11.7. The Morgan fingerprint density at radius 2 is 1.22 bits per heavy atom. The number of benzene rings is 9. The first-order valence-electron chi connectivity index (χ1n) is 29.6. The zero-order chi connectivity index (χ0) is 59.2. The van der Waals surface area contributed by atoms with E-state index in [1.54, 1.807) is 12.3 Å². The van der Waals surface area contributed by atoms with Crippen LogP contribution in [0.2, 0.25) is 0 Å². The summed E-state index contributed by atoms with van der Waals surface area (Å²) in [5.74, 6) is 1.36. The van der Waals surface area contributed by atoms with Gasteiger partial charge in [-0.1, -0.05) is 219 Å². The normalized spacial score (nSPS) is 13.5. The average molecular weight is 1200 g/mol. The van der Waals surface area contributed by atoms with E-state index in [9.17, 15) is 5.48 Å². The maximum atomic E-state index is 9.57. The molecular formula is C72H62N4OPt-2. The van der Waals surface area contributed by atoms with Gasteiger partial charge in [-0.05, 0) is 114 Å². The number of imidazole rings is 1. The SMILES string of the molecule is [2H]c1c([2H])c([2H])c(-c2cccc(-c3cc(C(C)(C)C)cc(C(C)(C)C)c3)c2-[n+]2[c-]n(-c3[c-]c(Oc4[c-]c5c(cc4)c4ccccc4n5-c4cc(C([2H])([2H])C(C)(C)c5ccccc5)ccn4)ccc3)c3ccc(-c4ccccc4)cc32)c([2H])c1[2H].[Pt]. The molecule has 0 amide bonds. The first kappa shape index (κ1) is 43.9. The van der Waals surface area contributed by atoms with Crippen LogP contribution in [0.25, 0.3) is 83.4 Å². The molecule has 388 valence electrons. The summed E-state index contributed by atoms with van der Waals surface area (Å²) in [5.41, 5.74) is 10.7. The first-order chi connectivity index (χ1) is 40.0. The first-order valence-corrected chi connectivity index (χ1v) is 26.1. The molecule has 0 atom stereocenters. The van der Waals surface area contributed by atoms with Gasteiger partial charge < -0.3 is 13.9 Å². The second kappa shape index (κ2) is 20.7. The summed E-state index contributed by atoms with van der Waals surface area (Å²) in [5, 5.41) is 1.90. The number of pyridine rings is 1. The van der Waals surface area contributed by atoms with Crippen molar-refractivity contribution in [2.24, 2.45) is 0 Å². The van der Waals surface area contributed by atoms with E-state index in [0.717, 1.165) is 66.3 Å². The van der Waals surface area contributed by atoms with Crippen LogP contribution in [0.5, 0.6) is 11.5 Å². The van der Waals surface area contributed by atoms with Gasteiger partial charge in [0.05, 0.1) is 23.6 Å². The minimum atomic E-state index is -1.78. The molecule has 78 heavy (non-hydrogen) atoms. The molecule has 0 aliphatic heterocycles. The van der Waals surface area contributed by atoms with E-state index in [1.807, 2.05) is 149 Å². The van der Waals surface area contributed by atoms with E-state index in [4.69, 9.17) is 13.8 Å². The smallest absolute Gasteiger partial charge is 0.268 e. The molecule has 3 aromatic heterocycles. The summed E-state index contributed by atoms with van der Waals surface area (Å²) in [7, 11) is 0. The average Bonchev–Trinajstić information content (AvgIpc) is 2.06. The molecule has 5 nitrogen and oxygen atoms in total. The second-order valence-electron chi connectivity index (χ2n) is 22.3. The summed E-state index contributed by atoms with van der Waals surface area (Å²) in [4.78, 5) is 4.85. The fourth-order valence-corrected chi connectivity index (χ4v) is 10.3. The molecule has 12 rings (SSSR count). The number of aromatic nitrogens is 4. The van der Waals surface area contributed by atoms with E-state index >= 15 is 0 Å². The maximum absolute atomic E-state index is 9.57. The number of hydrogen-bond acceptors (Lipinski definition) is 2. The third kappa shape index (κ3) is 10.0. The minimum absolute atomic E-state index is 0. The fraction of sp³-hybridized carbons (Fsp3) is 0.167. The Morgan fingerprint density at radius 3 is 1.95 bits per heavy atom. The zero-order valence-corrected chi connectivity index (χ0v) is 47.2. The van der Waals surface area contributed by atoms with Crippen LogP contribution < -0.4 is 9.30 Å². The van der Waals surface area contributed by atoms with Crippen molar-refractivity contribution in [2.75, 3.05) is 0 Å². The summed E-state index contributed by atoms with van der Waals surface area (Å²) >= 11 is 0. The van der Waals surface area contributed by atoms with Crippen LogP contribution in [-0.4, -0.2) is 14.1 Å². The molecule has 0 N–H and O–H groups in total. The molecule has 12 aromatic rings. The molecule has 9 aromatic carbocycles. The van der Waals surface area contributed by atoms with Crippen molar-refractivity contribution in [3.8, 4) is 62.1 Å². The molecule has 0 fully saturated rings. The largest absolute Gasteiger partial charge is 0.510 e. The summed E-state index contributed by atoms with van der Waals surface area (Å²) in [6.07, 6.45) is 3.62. The topological polar surface area (TPSA) is 35.9 Å². The third-order valence-corrected chi connectivity index (χ3v) is 14.5. The van der Waals surface area contributed by atoms with E-state index in [2.05, 4.69) is 115 Å². The van der Waals surface area contributed by atoms with Crippen LogP contribution in [0.4, 0.5) is 0 Å². The Morgan fingerprint density at radius 1 is 0.551 bits per heavy atom. The van der Waals surface area contributed by atoms with Crippen molar-refractivity contribution < 1.29 is 40.0 Å². The number of hydrogen-bond donors (Lipinski definition) is 0. The van der Waals surface area contributed by atoms with E-state index in [-0.39, 0.29) is 49.5 Å². The van der Waals surface area contributed by atoms with Crippen molar-refractivity contribution >= 4 is 32.8 Å². The Balaban J connectivity index is 0.00000752. The molecule has 0 saturated heterocycles. The van der Waals surface area contributed by atoms with Gasteiger partial charge in [-0.3, -0.25) is 4.57 Å². The number of fused-ring (bicyclic) bond motifs is 4. The quantitative estimate of drug-likeness (QED) is 0.0956. The fourth-order valence-electron chi connectivity index (χ4n) is 10.3. The van der Waals surface area contributed by atoms with Crippen molar-refractivity contribution in [3.05, 3.63) is 259 Å². The Hall–Kier alpha value is -8.11. The monoisotopic (exact) mass is 1200 g/mol. The summed E-state index contributed by atoms with van der Waals surface area (Å²) < 4.78 is 76.8. The van der Waals surface area contributed by atoms with Gasteiger partial charge in [-0.25, -0.2) is 4.98 Å². The van der Waals surface area contributed by atoms with Gasteiger partial charge in [0.1, 0.15) is 5.82 Å². The molecular weight excluding hydrogens is 1130 g/mol. The van der Waals surface area contributed by atoms with E-state index in [1.165, 1.54) is 0 Å². The van der Waals surface area contributed by atoms with Gasteiger partial charge in [0.2, 0.25) is 0 Å².